The molecule has 0 bridgehead atoms. The molecule has 0 spiro atoms. The fraction of sp³-hybridized carbons (Fsp3) is 0.308. The molecule has 0 aliphatic heterocycles. The van der Waals surface area contributed by atoms with Crippen LogP contribution in [0, 0.1) is 0 Å². The van der Waals surface area contributed by atoms with Crippen LogP contribution in [-0.4, -0.2) is 24.5 Å². The Balaban J connectivity index is 1.82. The van der Waals surface area contributed by atoms with Crippen molar-refractivity contribution in [3.8, 4) is 5.75 Å². The van der Waals surface area contributed by atoms with Crippen LogP contribution in [-0.2, 0) is 4.79 Å². The molecule has 6 nitrogen and oxygen atoms in total. The number of anilines is 1. The Labute approximate surface area is 188 Å². The third-order valence-corrected chi connectivity index (χ3v) is 5.70. The van der Waals surface area contributed by atoms with E-state index in [4.69, 9.17) is 9.15 Å². The van der Waals surface area contributed by atoms with E-state index in [1.54, 1.807) is 24.3 Å². The third kappa shape index (κ3) is 4.69. The molecule has 1 heterocycles. The molecule has 1 atom stereocenters. The number of rotatable bonds is 8. The molecular weight excluding hydrogens is 404 g/mol. The highest BCUT2D eigenvalue weighted by atomic mass is 16.5. The van der Waals surface area contributed by atoms with Gasteiger partial charge in [0.25, 0.3) is 5.91 Å². The Hall–Kier alpha value is -3.54. The Bertz CT molecular complexity index is 1030. The van der Waals surface area contributed by atoms with E-state index < -0.39 is 11.9 Å². The number of benzene rings is 2. The summed E-state index contributed by atoms with van der Waals surface area (Å²) in [6.07, 6.45) is 5.56. The standard InChI is InChI=1S/C26H28N2O4/c1-2-31-22-16-9-8-15-21(22)28(26(30)23-17-10-18-32-23)24(19-11-4-3-5-12-19)25(29)27-20-13-6-7-14-20/h3-5,8-12,15-18,20,24H,2,6-7,13-14H2,1H3,(H,27,29). The summed E-state index contributed by atoms with van der Waals surface area (Å²) in [5.74, 6) is 0.0716. The second-order valence-electron chi connectivity index (χ2n) is 7.86. The zero-order chi connectivity index (χ0) is 22.3. The summed E-state index contributed by atoms with van der Waals surface area (Å²) in [4.78, 5) is 28.9. The molecule has 2 aromatic carbocycles. The molecule has 1 unspecified atom stereocenters. The first-order valence-corrected chi connectivity index (χ1v) is 11.1. The lowest BCUT2D eigenvalue weighted by atomic mass is 10.0. The van der Waals surface area contributed by atoms with Crippen LogP contribution in [0.3, 0.4) is 0 Å². The lowest BCUT2D eigenvalue weighted by molar-refractivity contribution is -0.123. The molecule has 4 rings (SSSR count). The zero-order valence-electron chi connectivity index (χ0n) is 18.2. The summed E-state index contributed by atoms with van der Waals surface area (Å²) in [7, 11) is 0. The first-order chi connectivity index (χ1) is 15.7. The molecule has 1 aromatic heterocycles. The summed E-state index contributed by atoms with van der Waals surface area (Å²) >= 11 is 0. The maximum Gasteiger partial charge on any atom is 0.295 e. The SMILES string of the molecule is CCOc1ccccc1N(C(=O)c1ccco1)C(C(=O)NC1CCCC1)c1ccccc1. The molecule has 3 aromatic rings. The topological polar surface area (TPSA) is 71.8 Å². The maximum atomic E-state index is 13.7. The van der Waals surface area contributed by atoms with Gasteiger partial charge in [-0.05, 0) is 49.6 Å². The van der Waals surface area contributed by atoms with Crippen molar-refractivity contribution < 1.29 is 18.7 Å². The number of carbonyl (C=O) groups is 2. The van der Waals surface area contributed by atoms with Gasteiger partial charge in [-0.2, -0.15) is 0 Å². The van der Waals surface area contributed by atoms with E-state index in [1.807, 2.05) is 49.4 Å². The highest BCUT2D eigenvalue weighted by Crippen LogP contribution is 2.36. The van der Waals surface area contributed by atoms with Gasteiger partial charge in [0.05, 0.1) is 18.6 Å². The van der Waals surface area contributed by atoms with Crippen molar-refractivity contribution in [3.63, 3.8) is 0 Å². The van der Waals surface area contributed by atoms with Crippen molar-refractivity contribution in [3.05, 3.63) is 84.3 Å². The van der Waals surface area contributed by atoms with Gasteiger partial charge < -0.3 is 14.5 Å². The van der Waals surface area contributed by atoms with Gasteiger partial charge in [0.2, 0.25) is 5.91 Å². The molecule has 166 valence electrons. The van der Waals surface area contributed by atoms with Crippen molar-refractivity contribution >= 4 is 17.5 Å². The van der Waals surface area contributed by atoms with Crippen LogP contribution in [0.25, 0.3) is 0 Å². The molecule has 6 heteroatoms. The van der Waals surface area contributed by atoms with E-state index in [0.29, 0.717) is 23.6 Å². The van der Waals surface area contributed by atoms with Crippen LogP contribution in [0.5, 0.6) is 5.75 Å². The summed E-state index contributed by atoms with van der Waals surface area (Å²) in [5, 5.41) is 3.18. The lowest BCUT2D eigenvalue weighted by Crippen LogP contribution is -2.46. The molecule has 1 N–H and O–H groups in total. The molecular formula is C26H28N2O4. The highest BCUT2D eigenvalue weighted by Gasteiger charge is 2.37. The Morgan fingerprint density at radius 1 is 1.03 bits per heavy atom. The molecule has 2 amide bonds. The maximum absolute atomic E-state index is 13.7. The largest absolute Gasteiger partial charge is 0.492 e. The number of ether oxygens (including phenoxy) is 1. The number of carbonyl (C=O) groups excluding carboxylic acids is 2. The highest BCUT2D eigenvalue weighted by molar-refractivity contribution is 6.09. The predicted octanol–water partition coefficient (Wildman–Crippen LogP) is 5.13. The fourth-order valence-electron chi connectivity index (χ4n) is 4.22. The first-order valence-electron chi connectivity index (χ1n) is 11.1. The van der Waals surface area contributed by atoms with Crippen LogP contribution in [0.15, 0.2) is 77.4 Å². The quantitative estimate of drug-likeness (QED) is 0.536. The molecule has 32 heavy (non-hydrogen) atoms. The molecule has 1 saturated carbocycles. The molecule has 0 saturated heterocycles. The van der Waals surface area contributed by atoms with Gasteiger partial charge in [0.1, 0.15) is 11.8 Å². The van der Waals surface area contributed by atoms with Crippen LogP contribution < -0.4 is 15.0 Å². The van der Waals surface area contributed by atoms with Gasteiger partial charge in [-0.3, -0.25) is 14.5 Å². The Morgan fingerprint density at radius 3 is 2.44 bits per heavy atom. The average molecular weight is 433 g/mol. The van der Waals surface area contributed by atoms with Crippen LogP contribution in [0.4, 0.5) is 5.69 Å². The van der Waals surface area contributed by atoms with E-state index >= 15 is 0 Å². The predicted molar refractivity (Wildman–Crippen MR) is 123 cm³/mol. The van der Waals surface area contributed by atoms with Crippen molar-refractivity contribution in [2.45, 2.75) is 44.7 Å². The molecule has 1 aliphatic carbocycles. The minimum absolute atomic E-state index is 0.122. The van der Waals surface area contributed by atoms with Gasteiger partial charge in [-0.15, -0.1) is 0 Å². The second-order valence-corrected chi connectivity index (χ2v) is 7.86. The average Bonchev–Trinajstić information content (AvgIpc) is 3.53. The van der Waals surface area contributed by atoms with E-state index in [-0.39, 0.29) is 17.7 Å². The smallest absolute Gasteiger partial charge is 0.295 e. The number of nitrogens with one attached hydrogen (secondary N) is 1. The molecule has 1 aliphatic rings. The number of para-hydroxylation sites is 2. The molecule has 1 fully saturated rings. The third-order valence-electron chi connectivity index (χ3n) is 5.70. The van der Waals surface area contributed by atoms with Gasteiger partial charge in [-0.1, -0.05) is 55.3 Å². The summed E-state index contributed by atoms with van der Waals surface area (Å²) in [6, 6.07) is 19.2. The van der Waals surface area contributed by atoms with Crippen LogP contribution in [0.1, 0.15) is 54.8 Å². The normalized spacial score (nSPS) is 14.7. The van der Waals surface area contributed by atoms with Gasteiger partial charge >= 0.3 is 0 Å². The number of hydrogen-bond donors (Lipinski definition) is 1. The van der Waals surface area contributed by atoms with Crippen molar-refractivity contribution in [1.82, 2.24) is 5.32 Å². The Morgan fingerprint density at radius 2 is 1.75 bits per heavy atom. The van der Waals surface area contributed by atoms with E-state index in [2.05, 4.69) is 5.32 Å². The number of furan rings is 1. The first kappa shape index (κ1) is 21.7. The van der Waals surface area contributed by atoms with Gasteiger partial charge in [0.15, 0.2) is 5.76 Å². The fourth-order valence-corrected chi connectivity index (χ4v) is 4.22. The summed E-state index contributed by atoms with van der Waals surface area (Å²) in [6.45, 7) is 2.32. The summed E-state index contributed by atoms with van der Waals surface area (Å²) < 4.78 is 11.3. The lowest BCUT2D eigenvalue weighted by Gasteiger charge is -2.32. The van der Waals surface area contributed by atoms with Crippen LogP contribution in [0.2, 0.25) is 0 Å². The number of nitrogens with zero attached hydrogens (tertiary/aromatic N) is 1. The van der Waals surface area contributed by atoms with Crippen molar-refractivity contribution in [1.29, 1.82) is 0 Å². The minimum atomic E-state index is -0.879. The zero-order valence-corrected chi connectivity index (χ0v) is 18.2. The van der Waals surface area contributed by atoms with Crippen molar-refractivity contribution in [2.24, 2.45) is 0 Å². The van der Waals surface area contributed by atoms with Gasteiger partial charge in [-0.25, -0.2) is 0 Å². The van der Waals surface area contributed by atoms with Gasteiger partial charge in [0, 0.05) is 6.04 Å². The minimum Gasteiger partial charge on any atom is -0.492 e. The number of hydrogen-bond acceptors (Lipinski definition) is 4. The molecule has 0 radical (unpaired) electrons. The monoisotopic (exact) mass is 432 g/mol. The van der Waals surface area contributed by atoms with E-state index in [1.165, 1.54) is 11.2 Å². The van der Waals surface area contributed by atoms with Crippen LogP contribution >= 0.6 is 0 Å². The van der Waals surface area contributed by atoms with Crippen molar-refractivity contribution in [2.75, 3.05) is 11.5 Å². The Kier molecular flexibility index (Phi) is 6.90. The number of amides is 2. The second kappa shape index (κ2) is 10.2. The van der Waals surface area contributed by atoms with E-state index in [9.17, 15) is 9.59 Å². The summed E-state index contributed by atoms with van der Waals surface area (Å²) in [5.41, 5.74) is 1.24. The van der Waals surface area contributed by atoms with E-state index in [0.717, 1.165) is 25.7 Å².